The smallest absolute Gasteiger partial charge is 0.450 e. The van der Waals surface area contributed by atoms with Crippen molar-refractivity contribution in [3.05, 3.63) is 105 Å². The van der Waals surface area contributed by atoms with Crippen LogP contribution in [0.3, 0.4) is 0 Å². The Bertz CT molecular complexity index is 1860. The van der Waals surface area contributed by atoms with Crippen LogP contribution in [0.5, 0.6) is 5.75 Å². The molecule has 0 fully saturated rings. The minimum Gasteiger partial charge on any atom is -0.484 e. The number of alkyl halides is 6. The summed E-state index contributed by atoms with van der Waals surface area (Å²) in [6.07, 6.45) is -9.70. The SMILES string of the molecule is O=C(COc1ccc2c(=O)c(-c3cccc4ccccc34)c(C(F)(F)F)oc2c1)Nc1cc(C(F)(F)F)ccc1Cl. The molecule has 0 spiro atoms. The first kappa shape index (κ1) is 28.0. The summed E-state index contributed by atoms with van der Waals surface area (Å²) in [5, 5.41) is 2.94. The zero-order chi connectivity index (χ0) is 29.5. The Labute approximate surface area is 231 Å². The Hall–Kier alpha value is -4.51. The largest absolute Gasteiger partial charge is 0.484 e. The Kier molecular flexibility index (Phi) is 7.16. The summed E-state index contributed by atoms with van der Waals surface area (Å²) in [7, 11) is 0. The van der Waals surface area contributed by atoms with E-state index in [1.807, 2.05) is 0 Å². The number of halogens is 7. The molecule has 0 saturated heterocycles. The van der Waals surface area contributed by atoms with Gasteiger partial charge in [-0.25, -0.2) is 0 Å². The lowest BCUT2D eigenvalue weighted by molar-refractivity contribution is -0.152. The topological polar surface area (TPSA) is 68.5 Å². The number of amides is 1. The molecule has 0 bridgehead atoms. The zero-order valence-electron chi connectivity index (χ0n) is 20.5. The molecule has 0 saturated carbocycles. The molecule has 4 aromatic carbocycles. The number of fused-ring (bicyclic) bond motifs is 2. The number of nitrogens with one attached hydrogen (secondary N) is 1. The van der Waals surface area contributed by atoms with Crippen LogP contribution in [0.2, 0.25) is 5.02 Å². The van der Waals surface area contributed by atoms with Gasteiger partial charge >= 0.3 is 12.4 Å². The second-order valence-electron chi connectivity index (χ2n) is 8.85. The van der Waals surface area contributed by atoms with Crippen molar-refractivity contribution in [2.75, 3.05) is 11.9 Å². The third-order valence-electron chi connectivity index (χ3n) is 6.12. The first-order valence-electron chi connectivity index (χ1n) is 11.8. The molecule has 0 aliphatic rings. The predicted octanol–water partition coefficient (Wildman–Crippen LogP) is 8.32. The number of carbonyl (C=O) groups is 1. The standard InChI is InChI=1S/C29H16ClF6NO4/c30-21-11-8-16(28(31,32)33)12-22(21)37-24(38)14-40-17-9-10-20-23(13-17)41-27(29(34,35)36)25(26(20)39)19-7-3-5-15-4-1-2-6-18(15)19/h1-13H,14H2,(H,37,38). The van der Waals surface area contributed by atoms with Gasteiger partial charge in [0.25, 0.3) is 5.91 Å². The summed E-state index contributed by atoms with van der Waals surface area (Å²) >= 11 is 5.87. The summed E-state index contributed by atoms with van der Waals surface area (Å²) < 4.78 is 91.9. The quantitative estimate of drug-likeness (QED) is 0.209. The summed E-state index contributed by atoms with van der Waals surface area (Å²) in [6.45, 7) is -0.734. The number of anilines is 1. The Morgan fingerprint density at radius 2 is 1.59 bits per heavy atom. The molecule has 41 heavy (non-hydrogen) atoms. The summed E-state index contributed by atoms with van der Waals surface area (Å²) in [6, 6.07) is 17.1. The molecule has 0 aliphatic carbocycles. The van der Waals surface area contributed by atoms with Crippen LogP contribution in [0.25, 0.3) is 32.9 Å². The van der Waals surface area contributed by atoms with Gasteiger partial charge in [-0.05, 0) is 46.7 Å². The van der Waals surface area contributed by atoms with Gasteiger partial charge in [0.15, 0.2) is 6.61 Å². The molecule has 0 radical (unpaired) electrons. The second kappa shape index (κ2) is 10.5. The first-order valence-corrected chi connectivity index (χ1v) is 12.2. The van der Waals surface area contributed by atoms with Gasteiger partial charge < -0.3 is 14.5 Å². The van der Waals surface area contributed by atoms with E-state index in [1.54, 1.807) is 30.3 Å². The van der Waals surface area contributed by atoms with Gasteiger partial charge in [0.2, 0.25) is 11.2 Å². The molecule has 1 heterocycles. The van der Waals surface area contributed by atoms with Crippen molar-refractivity contribution in [2.45, 2.75) is 12.4 Å². The van der Waals surface area contributed by atoms with E-state index in [0.29, 0.717) is 16.8 Å². The molecule has 0 unspecified atom stereocenters. The fourth-order valence-electron chi connectivity index (χ4n) is 4.28. The number of benzene rings is 4. The molecule has 210 valence electrons. The minimum absolute atomic E-state index is 0.0522. The highest BCUT2D eigenvalue weighted by Crippen LogP contribution is 2.40. The van der Waals surface area contributed by atoms with Crippen LogP contribution < -0.4 is 15.5 Å². The molecular weight excluding hydrogens is 576 g/mol. The highest BCUT2D eigenvalue weighted by Gasteiger charge is 2.40. The summed E-state index contributed by atoms with van der Waals surface area (Å²) in [4.78, 5) is 25.7. The molecule has 5 rings (SSSR count). The second-order valence-corrected chi connectivity index (χ2v) is 9.25. The highest BCUT2D eigenvalue weighted by molar-refractivity contribution is 6.33. The Balaban J connectivity index is 1.46. The van der Waals surface area contributed by atoms with Crippen molar-refractivity contribution >= 4 is 44.9 Å². The number of ether oxygens (including phenoxy) is 1. The minimum atomic E-state index is -5.03. The predicted molar refractivity (Wildman–Crippen MR) is 141 cm³/mol. The van der Waals surface area contributed by atoms with Gasteiger partial charge in [0, 0.05) is 6.07 Å². The fraction of sp³-hybridized carbons (Fsp3) is 0.103. The van der Waals surface area contributed by atoms with Gasteiger partial charge in [0.05, 0.1) is 27.2 Å². The Morgan fingerprint density at radius 3 is 2.32 bits per heavy atom. The first-order chi connectivity index (χ1) is 19.3. The number of rotatable bonds is 5. The molecule has 1 amide bonds. The van der Waals surface area contributed by atoms with Crippen LogP contribution in [0.15, 0.2) is 88.1 Å². The van der Waals surface area contributed by atoms with Crippen LogP contribution in [-0.2, 0) is 17.1 Å². The van der Waals surface area contributed by atoms with Crippen LogP contribution >= 0.6 is 11.6 Å². The zero-order valence-corrected chi connectivity index (χ0v) is 21.2. The van der Waals surface area contributed by atoms with Crippen molar-refractivity contribution in [2.24, 2.45) is 0 Å². The van der Waals surface area contributed by atoms with Crippen molar-refractivity contribution in [3.63, 3.8) is 0 Å². The van der Waals surface area contributed by atoms with Crippen molar-refractivity contribution < 1.29 is 40.3 Å². The van der Waals surface area contributed by atoms with Crippen LogP contribution in [0.4, 0.5) is 32.0 Å². The maximum Gasteiger partial charge on any atom is 0.450 e. The normalized spacial score (nSPS) is 12.1. The molecule has 0 aliphatic heterocycles. The molecule has 5 nitrogen and oxygen atoms in total. The Morgan fingerprint density at radius 1 is 0.854 bits per heavy atom. The fourth-order valence-corrected chi connectivity index (χ4v) is 4.45. The monoisotopic (exact) mass is 591 g/mol. The van der Waals surface area contributed by atoms with E-state index in [-0.39, 0.29) is 27.4 Å². The summed E-state index contributed by atoms with van der Waals surface area (Å²) in [5.41, 5.74) is -3.30. The number of hydrogen-bond donors (Lipinski definition) is 1. The van der Waals surface area contributed by atoms with Gasteiger partial charge in [-0.2, -0.15) is 26.3 Å². The molecule has 12 heteroatoms. The van der Waals surface area contributed by atoms with E-state index in [0.717, 1.165) is 18.2 Å². The molecule has 0 atom stereocenters. The van der Waals surface area contributed by atoms with Gasteiger partial charge in [0.1, 0.15) is 11.3 Å². The van der Waals surface area contributed by atoms with Crippen LogP contribution in [-0.4, -0.2) is 12.5 Å². The molecular formula is C29H16ClF6NO4. The van der Waals surface area contributed by atoms with Crippen LogP contribution in [0, 0.1) is 0 Å². The maximum atomic E-state index is 14.1. The number of carbonyl (C=O) groups excluding carboxylic acids is 1. The van der Waals surface area contributed by atoms with E-state index < -0.39 is 52.8 Å². The van der Waals surface area contributed by atoms with Crippen molar-refractivity contribution in [3.8, 4) is 16.9 Å². The summed E-state index contributed by atoms with van der Waals surface area (Å²) in [5.74, 6) is -2.52. The average molecular weight is 592 g/mol. The van der Waals surface area contributed by atoms with Crippen LogP contribution in [0.1, 0.15) is 11.3 Å². The molecule has 1 N–H and O–H groups in total. The third kappa shape index (κ3) is 5.71. The molecule has 1 aromatic heterocycles. The lowest BCUT2D eigenvalue weighted by Crippen LogP contribution is -2.21. The van der Waals surface area contributed by atoms with E-state index in [1.165, 1.54) is 24.3 Å². The average Bonchev–Trinajstić information content (AvgIpc) is 2.91. The van der Waals surface area contributed by atoms with Gasteiger partial charge in [-0.1, -0.05) is 54.1 Å². The van der Waals surface area contributed by atoms with Gasteiger partial charge in [-0.3, -0.25) is 9.59 Å². The maximum absolute atomic E-state index is 14.1. The van der Waals surface area contributed by atoms with E-state index >= 15 is 0 Å². The van der Waals surface area contributed by atoms with E-state index in [9.17, 15) is 35.9 Å². The molecule has 5 aromatic rings. The lowest BCUT2D eigenvalue weighted by Gasteiger charge is -2.15. The lowest BCUT2D eigenvalue weighted by atomic mass is 9.96. The van der Waals surface area contributed by atoms with Crippen molar-refractivity contribution in [1.29, 1.82) is 0 Å². The highest BCUT2D eigenvalue weighted by atomic mass is 35.5. The number of hydrogen-bond acceptors (Lipinski definition) is 4. The van der Waals surface area contributed by atoms with E-state index in [4.69, 9.17) is 20.8 Å². The third-order valence-corrected chi connectivity index (χ3v) is 6.45. The van der Waals surface area contributed by atoms with E-state index in [2.05, 4.69) is 5.32 Å². The van der Waals surface area contributed by atoms with Crippen molar-refractivity contribution in [1.82, 2.24) is 0 Å². The van der Waals surface area contributed by atoms with Gasteiger partial charge in [-0.15, -0.1) is 0 Å².